The molecule has 0 spiro atoms. The summed E-state index contributed by atoms with van der Waals surface area (Å²) in [5.41, 5.74) is 4.54. The molecule has 0 aliphatic rings. The van der Waals surface area contributed by atoms with Crippen LogP contribution in [-0.4, -0.2) is 18.8 Å². The SMILES string of the molecule is CCOC(N)=O.O=C=NF. The number of nitrogens with zero attached hydrogens (tertiary/aromatic N) is 1. The molecule has 0 bridgehead atoms. The Morgan fingerprint density at radius 1 is 1.90 bits per heavy atom. The van der Waals surface area contributed by atoms with Crippen LogP contribution in [0.3, 0.4) is 0 Å². The van der Waals surface area contributed by atoms with Crippen molar-refractivity contribution < 1.29 is 18.8 Å². The monoisotopic (exact) mass is 150 g/mol. The molecule has 2 N–H and O–H groups in total. The van der Waals surface area contributed by atoms with E-state index in [1.54, 1.807) is 6.92 Å². The van der Waals surface area contributed by atoms with E-state index in [2.05, 4.69) is 10.5 Å². The van der Waals surface area contributed by atoms with Gasteiger partial charge < -0.3 is 10.5 Å². The number of rotatable bonds is 1. The van der Waals surface area contributed by atoms with Gasteiger partial charge >= 0.3 is 6.09 Å². The zero-order chi connectivity index (χ0) is 8.41. The van der Waals surface area contributed by atoms with Gasteiger partial charge in [0.2, 0.25) is 0 Å². The van der Waals surface area contributed by atoms with Crippen LogP contribution in [0.2, 0.25) is 0 Å². The largest absolute Gasteiger partial charge is 0.450 e. The maximum atomic E-state index is 9.92. The molecule has 0 unspecified atom stereocenters. The van der Waals surface area contributed by atoms with E-state index in [1.807, 2.05) is 0 Å². The first-order chi connectivity index (χ1) is 4.68. The highest BCUT2D eigenvalue weighted by Crippen LogP contribution is 1.66. The van der Waals surface area contributed by atoms with Gasteiger partial charge in [-0.25, -0.2) is 9.59 Å². The van der Waals surface area contributed by atoms with Crippen molar-refractivity contribution in [1.29, 1.82) is 0 Å². The highest BCUT2D eigenvalue weighted by molar-refractivity contribution is 5.64. The van der Waals surface area contributed by atoms with Crippen molar-refractivity contribution in [1.82, 2.24) is 0 Å². The van der Waals surface area contributed by atoms with Crippen molar-refractivity contribution in [3.05, 3.63) is 0 Å². The van der Waals surface area contributed by atoms with E-state index < -0.39 is 6.09 Å². The summed E-state index contributed by atoms with van der Waals surface area (Å²) < 4.78 is 14.1. The lowest BCUT2D eigenvalue weighted by atomic mass is 10.9. The molecule has 0 aliphatic carbocycles. The van der Waals surface area contributed by atoms with E-state index in [4.69, 9.17) is 4.79 Å². The Balaban J connectivity index is 0. The average molecular weight is 150 g/mol. The molecule has 0 aliphatic heterocycles. The lowest BCUT2D eigenvalue weighted by Gasteiger charge is -1.89. The molecule has 1 amide bonds. The quantitative estimate of drug-likeness (QED) is 0.431. The van der Waals surface area contributed by atoms with Gasteiger partial charge in [0.1, 0.15) is 0 Å². The molecular weight excluding hydrogens is 143 g/mol. The maximum Gasteiger partial charge on any atom is 0.404 e. The van der Waals surface area contributed by atoms with Crippen LogP contribution in [-0.2, 0) is 9.53 Å². The summed E-state index contributed by atoms with van der Waals surface area (Å²) in [6, 6.07) is 0. The third-order valence-corrected chi connectivity index (χ3v) is 0.321. The molecule has 0 saturated carbocycles. The molecule has 0 aromatic carbocycles. The van der Waals surface area contributed by atoms with E-state index in [-0.39, 0.29) is 0 Å². The summed E-state index contributed by atoms with van der Waals surface area (Å²) in [5.74, 6) is 0. The summed E-state index contributed by atoms with van der Waals surface area (Å²) in [6.45, 7) is 2.06. The Bertz CT molecular complexity index is 132. The Morgan fingerprint density at radius 3 is 2.30 bits per heavy atom. The minimum absolute atomic E-state index is 0.356. The summed E-state index contributed by atoms with van der Waals surface area (Å²) >= 11 is 0. The second kappa shape index (κ2) is 10.5. The standard InChI is InChI=1S/C3H7NO2.CFNO/c1-2-6-3(4)5;2-3-1-4/h2H2,1H3,(H2,4,5);. The minimum atomic E-state index is -0.711. The van der Waals surface area contributed by atoms with Gasteiger partial charge in [-0.3, -0.25) is 0 Å². The summed E-state index contributed by atoms with van der Waals surface area (Å²) in [4.78, 5) is 18.1. The number of carbonyl (C=O) groups is 1. The first-order valence-corrected chi connectivity index (χ1v) is 2.29. The molecule has 0 saturated heterocycles. The Morgan fingerprint density at radius 2 is 2.30 bits per heavy atom. The third kappa shape index (κ3) is 30.8. The first kappa shape index (κ1) is 11.4. The molecule has 0 radical (unpaired) electrons. The maximum absolute atomic E-state index is 9.92. The predicted molar refractivity (Wildman–Crippen MR) is 30.4 cm³/mol. The van der Waals surface area contributed by atoms with Crippen molar-refractivity contribution in [3.8, 4) is 0 Å². The molecule has 0 heterocycles. The molecular formula is C4H7FN2O3. The lowest BCUT2D eigenvalue weighted by molar-refractivity contribution is 0.163. The zero-order valence-electron chi connectivity index (χ0n) is 5.33. The molecule has 0 atom stereocenters. The van der Waals surface area contributed by atoms with Crippen LogP contribution in [0.25, 0.3) is 0 Å². The number of nitrogens with two attached hydrogens (primary N) is 1. The molecule has 6 heteroatoms. The fourth-order valence-corrected chi connectivity index (χ4v) is 0.142. The van der Waals surface area contributed by atoms with E-state index >= 15 is 0 Å². The predicted octanol–water partition coefficient (Wildman–Crippen LogP) is 0.308. The second-order valence-electron chi connectivity index (χ2n) is 0.928. The highest BCUT2D eigenvalue weighted by Gasteiger charge is 1.82. The van der Waals surface area contributed by atoms with Crippen LogP contribution in [0.5, 0.6) is 0 Å². The number of hydrogen-bond acceptors (Lipinski definition) is 4. The normalized spacial score (nSPS) is 6.20. The Labute approximate surface area is 56.6 Å². The topological polar surface area (TPSA) is 81.8 Å². The van der Waals surface area contributed by atoms with Gasteiger partial charge in [0.15, 0.2) is 0 Å². The fraction of sp³-hybridized carbons (Fsp3) is 0.500. The van der Waals surface area contributed by atoms with Crippen molar-refractivity contribution in [2.45, 2.75) is 6.92 Å². The highest BCUT2D eigenvalue weighted by atomic mass is 19.2. The fourth-order valence-electron chi connectivity index (χ4n) is 0.142. The Hall–Kier alpha value is -1.42. The van der Waals surface area contributed by atoms with Crippen molar-refractivity contribution in [3.63, 3.8) is 0 Å². The van der Waals surface area contributed by atoms with E-state index in [0.29, 0.717) is 12.7 Å². The number of carbonyl (C=O) groups excluding carboxylic acids is 2. The summed E-state index contributed by atoms with van der Waals surface area (Å²) in [7, 11) is 0. The van der Waals surface area contributed by atoms with E-state index in [0.717, 1.165) is 0 Å². The average Bonchev–Trinajstić information content (AvgIpc) is 1.89. The number of amides is 1. The molecule has 0 fully saturated rings. The molecule has 5 nitrogen and oxygen atoms in total. The van der Waals surface area contributed by atoms with Crippen molar-refractivity contribution in [2.24, 2.45) is 10.9 Å². The third-order valence-electron chi connectivity index (χ3n) is 0.321. The van der Waals surface area contributed by atoms with Gasteiger partial charge in [-0.05, 0) is 6.92 Å². The summed E-state index contributed by atoms with van der Waals surface area (Å²) in [6.07, 6.45) is -0.0718. The molecule has 0 rings (SSSR count). The van der Waals surface area contributed by atoms with Crippen LogP contribution in [0.4, 0.5) is 9.28 Å². The van der Waals surface area contributed by atoms with Gasteiger partial charge in [-0.15, -0.1) is 0 Å². The van der Waals surface area contributed by atoms with E-state index in [9.17, 15) is 9.28 Å². The Kier molecular flexibility index (Phi) is 12.0. The van der Waals surface area contributed by atoms with Crippen LogP contribution in [0.15, 0.2) is 5.21 Å². The number of isocyanates is 1. The van der Waals surface area contributed by atoms with Gasteiger partial charge in [0.05, 0.1) is 6.61 Å². The van der Waals surface area contributed by atoms with E-state index in [1.165, 1.54) is 5.21 Å². The number of primary amides is 1. The second-order valence-corrected chi connectivity index (χ2v) is 0.928. The first-order valence-electron chi connectivity index (χ1n) is 2.29. The van der Waals surface area contributed by atoms with Crippen LogP contribution in [0.1, 0.15) is 6.92 Å². The van der Waals surface area contributed by atoms with Crippen LogP contribution < -0.4 is 5.73 Å². The lowest BCUT2D eigenvalue weighted by Crippen LogP contribution is -2.11. The van der Waals surface area contributed by atoms with Gasteiger partial charge in [0.25, 0.3) is 6.08 Å². The van der Waals surface area contributed by atoms with Crippen molar-refractivity contribution >= 4 is 12.2 Å². The molecule has 58 valence electrons. The van der Waals surface area contributed by atoms with Crippen LogP contribution in [0, 0.1) is 0 Å². The van der Waals surface area contributed by atoms with Crippen molar-refractivity contribution in [2.75, 3.05) is 6.61 Å². The molecule has 0 aromatic heterocycles. The van der Waals surface area contributed by atoms with Crippen LogP contribution >= 0.6 is 0 Å². The number of hydrogen-bond donors (Lipinski definition) is 1. The van der Waals surface area contributed by atoms with Gasteiger partial charge in [0, 0.05) is 5.21 Å². The number of ether oxygens (including phenoxy) is 1. The van der Waals surface area contributed by atoms with Gasteiger partial charge in [-0.2, -0.15) is 0 Å². The summed E-state index contributed by atoms with van der Waals surface area (Å²) in [5, 5.41) is 1.43. The molecule has 0 aromatic rings. The zero-order valence-corrected chi connectivity index (χ0v) is 5.33. The smallest absolute Gasteiger partial charge is 0.404 e. The minimum Gasteiger partial charge on any atom is -0.450 e. The number of halogens is 1. The molecule has 10 heavy (non-hydrogen) atoms. The van der Waals surface area contributed by atoms with Gasteiger partial charge in [-0.1, -0.05) is 4.48 Å².